The molecule has 0 radical (unpaired) electrons. The highest BCUT2D eigenvalue weighted by Gasteiger charge is 2.05. The standard InChI is InChI=1S/C16H16BrN3O3/c17-12-6-7-19-13(9-12)10-20-15(21)5-4-11-2-1-3-14(8-11)23-16(18)22/h1-3,6-9H,4-5,10H2,(H2,18,22)(H,20,21). The molecule has 0 spiro atoms. The van der Waals surface area contributed by atoms with Crippen LogP contribution in [0.3, 0.4) is 0 Å². The third-order valence-corrected chi connectivity index (χ3v) is 3.50. The molecular formula is C16H16BrN3O3. The number of ether oxygens (including phenoxy) is 1. The monoisotopic (exact) mass is 377 g/mol. The summed E-state index contributed by atoms with van der Waals surface area (Å²) in [7, 11) is 0. The lowest BCUT2D eigenvalue weighted by Gasteiger charge is -2.06. The lowest BCUT2D eigenvalue weighted by Crippen LogP contribution is -2.23. The second-order valence-electron chi connectivity index (χ2n) is 4.81. The van der Waals surface area contributed by atoms with Gasteiger partial charge in [0.05, 0.1) is 12.2 Å². The maximum atomic E-state index is 11.9. The topological polar surface area (TPSA) is 94.3 Å². The third-order valence-electron chi connectivity index (χ3n) is 3.00. The van der Waals surface area contributed by atoms with Gasteiger partial charge in [0.1, 0.15) is 5.75 Å². The highest BCUT2D eigenvalue weighted by molar-refractivity contribution is 9.10. The summed E-state index contributed by atoms with van der Waals surface area (Å²) in [6.07, 6.45) is 1.68. The summed E-state index contributed by atoms with van der Waals surface area (Å²) in [4.78, 5) is 26.8. The van der Waals surface area contributed by atoms with E-state index < -0.39 is 6.09 Å². The van der Waals surface area contributed by atoms with E-state index in [2.05, 4.69) is 26.2 Å². The number of nitrogens with one attached hydrogen (secondary N) is 1. The van der Waals surface area contributed by atoms with E-state index in [1.807, 2.05) is 18.2 Å². The fourth-order valence-electron chi connectivity index (χ4n) is 1.96. The van der Waals surface area contributed by atoms with Crippen molar-refractivity contribution < 1.29 is 14.3 Å². The number of nitrogens with zero attached hydrogens (tertiary/aromatic N) is 1. The maximum Gasteiger partial charge on any atom is 0.409 e. The maximum absolute atomic E-state index is 11.9. The zero-order valence-electron chi connectivity index (χ0n) is 12.3. The lowest BCUT2D eigenvalue weighted by atomic mass is 10.1. The van der Waals surface area contributed by atoms with Crippen molar-refractivity contribution >= 4 is 27.9 Å². The summed E-state index contributed by atoms with van der Waals surface area (Å²) in [5, 5.41) is 2.82. The summed E-state index contributed by atoms with van der Waals surface area (Å²) in [6, 6.07) is 10.6. The van der Waals surface area contributed by atoms with Crippen LogP contribution in [0.2, 0.25) is 0 Å². The SMILES string of the molecule is NC(=O)Oc1cccc(CCC(=O)NCc2cc(Br)ccn2)c1. The largest absolute Gasteiger partial charge is 0.410 e. The van der Waals surface area contributed by atoms with E-state index in [1.165, 1.54) is 0 Å². The molecule has 0 aliphatic carbocycles. The molecule has 0 aliphatic heterocycles. The fourth-order valence-corrected chi connectivity index (χ4v) is 2.34. The average Bonchev–Trinajstić information content (AvgIpc) is 2.51. The van der Waals surface area contributed by atoms with Gasteiger partial charge in [-0.3, -0.25) is 9.78 Å². The van der Waals surface area contributed by atoms with Gasteiger partial charge < -0.3 is 15.8 Å². The van der Waals surface area contributed by atoms with Crippen molar-refractivity contribution in [1.29, 1.82) is 0 Å². The van der Waals surface area contributed by atoms with Gasteiger partial charge in [0.15, 0.2) is 0 Å². The zero-order chi connectivity index (χ0) is 16.7. The van der Waals surface area contributed by atoms with Crippen molar-refractivity contribution in [2.45, 2.75) is 19.4 Å². The Hall–Kier alpha value is -2.41. The van der Waals surface area contributed by atoms with Crippen molar-refractivity contribution in [3.05, 3.63) is 58.3 Å². The summed E-state index contributed by atoms with van der Waals surface area (Å²) < 4.78 is 5.72. The molecule has 0 aliphatic rings. The first-order chi connectivity index (χ1) is 11.0. The summed E-state index contributed by atoms with van der Waals surface area (Å²) in [6.45, 7) is 0.378. The van der Waals surface area contributed by atoms with E-state index in [9.17, 15) is 9.59 Å². The summed E-state index contributed by atoms with van der Waals surface area (Å²) >= 11 is 3.36. The third kappa shape index (κ3) is 6.07. The smallest absolute Gasteiger partial charge is 0.409 e. The molecule has 0 saturated heterocycles. The molecule has 0 unspecified atom stereocenters. The Kier molecular flexibility index (Phi) is 6.10. The lowest BCUT2D eigenvalue weighted by molar-refractivity contribution is -0.121. The molecule has 6 nitrogen and oxygen atoms in total. The van der Waals surface area contributed by atoms with Crippen molar-refractivity contribution in [2.75, 3.05) is 0 Å². The van der Waals surface area contributed by atoms with Crippen LogP contribution in [0.4, 0.5) is 4.79 Å². The molecule has 0 fully saturated rings. The second-order valence-corrected chi connectivity index (χ2v) is 5.73. The molecule has 3 N–H and O–H groups in total. The van der Waals surface area contributed by atoms with Crippen LogP contribution in [0.5, 0.6) is 5.75 Å². The van der Waals surface area contributed by atoms with E-state index >= 15 is 0 Å². The van der Waals surface area contributed by atoms with Crippen LogP contribution in [0.1, 0.15) is 17.7 Å². The van der Waals surface area contributed by atoms with Crippen LogP contribution in [0, 0.1) is 0 Å². The number of amides is 2. The van der Waals surface area contributed by atoms with Gasteiger partial charge in [-0.15, -0.1) is 0 Å². The van der Waals surface area contributed by atoms with Crippen LogP contribution < -0.4 is 15.8 Å². The Morgan fingerprint density at radius 1 is 1.26 bits per heavy atom. The van der Waals surface area contributed by atoms with Gasteiger partial charge in [0, 0.05) is 17.1 Å². The number of rotatable bonds is 6. The van der Waals surface area contributed by atoms with E-state index in [4.69, 9.17) is 10.5 Å². The molecule has 2 aromatic rings. The molecule has 1 aromatic carbocycles. The minimum atomic E-state index is -0.860. The Bertz CT molecular complexity index is 706. The van der Waals surface area contributed by atoms with Crippen molar-refractivity contribution in [2.24, 2.45) is 5.73 Å². The first kappa shape index (κ1) is 17.0. The zero-order valence-corrected chi connectivity index (χ0v) is 13.9. The number of hydrogen-bond donors (Lipinski definition) is 2. The fraction of sp³-hybridized carbons (Fsp3) is 0.188. The van der Waals surface area contributed by atoms with Gasteiger partial charge in [-0.1, -0.05) is 28.1 Å². The number of benzene rings is 1. The first-order valence-corrected chi connectivity index (χ1v) is 7.75. The van der Waals surface area contributed by atoms with Crippen LogP contribution in [-0.4, -0.2) is 17.0 Å². The second kappa shape index (κ2) is 8.28. The molecule has 120 valence electrons. The Morgan fingerprint density at radius 2 is 2.09 bits per heavy atom. The van der Waals surface area contributed by atoms with Gasteiger partial charge in [0.25, 0.3) is 0 Å². The molecule has 23 heavy (non-hydrogen) atoms. The molecular weight excluding hydrogens is 362 g/mol. The number of primary amides is 1. The van der Waals surface area contributed by atoms with Crippen molar-refractivity contribution in [1.82, 2.24) is 10.3 Å². The van der Waals surface area contributed by atoms with Crippen molar-refractivity contribution in [3.8, 4) is 5.75 Å². The molecule has 1 heterocycles. The average molecular weight is 378 g/mol. The van der Waals surface area contributed by atoms with Crippen LogP contribution in [-0.2, 0) is 17.8 Å². The minimum absolute atomic E-state index is 0.0759. The van der Waals surface area contributed by atoms with Crippen LogP contribution >= 0.6 is 15.9 Å². The van der Waals surface area contributed by atoms with Gasteiger partial charge in [-0.2, -0.15) is 0 Å². The number of carbonyl (C=O) groups is 2. The summed E-state index contributed by atoms with van der Waals surface area (Å²) in [5.41, 5.74) is 6.64. The van der Waals surface area contributed by atoms with Crippen LogP contribution in [0.25, 0.3) is 0 Å². The van der Waals surface area contributed by atoms with Gasteiger partial charge in [-0.25, -0.2) is 4.79 Å². The number of halogens is 1. The van der Waals surface area contributed by atoms with Gasteiger partial charge in [-0.05, 0) is 36.2 Å². The van der Waals surface area contributed by atoms with E-state index in [0.717, 1.165) is 15.7 Å². The number of pyridine rings is 1. The molecule has 0 atom stereocenters. The highest BCUT2D eigenvalue weighted by atomic mass is 79.9. The predicted molar refractivity (Wildman–Crippen MR) is 88.8 cm³/mol. The van der Waals surface area contributed by atoms with Crippen molar-refractivity contribution in [3.63, 3.8) is 0 Å². The van der Waals surface area contributed by atoms with Gasteiger partial charge >= 0.3 is 6.09 Å². The van der Waals surface area contributed by atoms with E-state index in [1.54, 1.807) is 24.4 Å². The van der Waals surface area contributed by atoms with Gasteiger partial charge in [0.2, 0.25) is 5.91 Å². The summed E-state index contributed by atoms with van der Waals surface area (Å²) in [5.74, 6) is 0.293. The molecule has 1 aromatic heterocycles. The Balaban J connectivity index is 1.81. The molecule has 2 amide bonds. The minimum Gasteiger partial charge on any atom is -0.410 e. The van der Waals surface area contributed by atoms with Crippen LogP contribution in [0.15, 0.2) is 47.1 Å². The molecule has 7 heteroatoms. The quantitative estimate of drug-likeness (QED) is 0.808. The molecule has 0 saturated carbocycles. The molecule has 2 rings (SSSR count). The molecule has 0 bridgehead atoms. The van der Waals surface area contributed by atoms with E-state index in [-0.39, 0.29) is 5.91 Å². The normalized spacial score (nSPS) is 10.1. The number of carbonyl (C=O) groups excluding carboxylic acids is 2. The Labute approximate surface area is 142 Å². The number of hydrogen-bond acceptors (Lipinski definition) is 4. The highest BCUT2D eigenvalue weighted by Crippen LogP contribution is 2.14. The van der Waals surface area contributed by atoms with E-state index in [0.29, 0.717) is 25.1 Å². The number of nitrogens with two attached hydrogens (primary N) is 1. The predicted octanol–water partition coefficient (Wildman–Crippen LogP) is 2.55. The number of aromatic nitrogens is 1. The first-order valence-electron chi connectivity index (χ1n) is 6.96. The number of aryl methyl sites for hydroxylation is 1. The Morgan fingerprint density at radius 3 is 2.83 bits per heavy atom.